The van der Waals surface area contributed by atoms with Crippen LogP contribution in [0.2, 0.25) is 10.0 Å². The van der Waals surface area contributed by atoms with Gasteiger partial charge in [0, 0.05) is 23.2 Å². The summed E-state index contributed by atoms with van der Waals surface area (Å²) in [4.78, 5) is 7.83. The van der Waals surface area contributed by atoms with E-state index in [-0.39, 0.29) is 6.61 Å². The van der Waals surface area contributed by atoms with Crippen molar-refractivity contribution in [1.82, 2.24) is 15.3 Å². The highest BCUT2D eigenvalue weighted by molar-refractivity contribution is 6.31. The van der Waals surface area contributed by atoms with Gasteiger partial charge in [0.15, 0.2) is 11.5 Å². The van der Waals surface area contributed by atoms with Crippen molar-refractivity contribution in [3.8, 4) is 11.5 Å². The summed E-state index contributed by atoms with van der Waals surface area (Å²) in [6.45, 7) is 1.25. The topological polar surface area (TPSA) is 59.2 Å². The molecule has 31 heavy (non-hydrogen) atoms. The number of H-pyrrole nitrogens is 1. The number of benzene rings is 3. The molecule has 4 rings (SSSR count). The molecule has 8 heteroatoms. The molecule has 0 atom stereocenters. The van der Waals surface area contributed by atoms with Crippen molar-refractivity contribution < 1.29 is 13.9 Å². The van der Waals surface area contributed by atoms with Gasteiger partial charge in [0.25, 0.3) is 0 Å². The second-order valence-electron chi connectivity index (χ2n) is 6.92. The molecular weight excluding hydrogens is 440 g/mol. The van der Waals surface area contributed by atoms with Crippen molar-refractivity contribution in [3.05, 3.63) is 87.4 Å². The molecule has 0 bridgehead atoms. The van der Waals surface area contributed by atoms with Crippen LogP contribution in [0.15, 0.2) is 54.6 Å². The number of fused-ring (bicyclic) bond motifs is 1. The van der Waals surface area contributed by atoms with E-state index in [0.29, 0.717) is 40.2 Å². The summed E-state index contributed by atoms with van der Waals surface area (Å²) in [6, 6.07) is 15.6. The van der Waals surface area contributed by atoms with Gasteiger partial charge in [-0.05, 0) is 35.9 Å². The van der Waals surface area contributed by atoms with Gasteiger partial charge in [-0.2, -0.15) is 0 Å². The molecule has 3 aromatic carbocycles. The molecule has 0 aliphatic rings. The lowest BCUT2D eigenvalue weighted by atomic mass is 10.2. The van der Waals surface area contributed by atoms with Crippen LogP contribution in [0.25, 0.3) is 11.0 Å². The molecule has 0 amide bonds. The number of nitrogens with zero attached hydrogens (tertiary/aromatic N) is 1. The predicted octanol–water partition coefficient (Wildman–Crippen LogP) is 5.89. The van der Waals surface area contributed by atoms with E-state index in [9.17, 15) is 4.39 Å². The summed E-state index contributed by atoms with van der Waals surface area (Å²) in [7, 11) is 1.56. The van der Waals surface area contributed by atoms with Crippen molar-refractivity contribution in [2.75, 3.05) is 7.11 Å². The molecule has 0 radical (unpaired) electrons. The van der Waals surface area contributed by atoms with E-state index in [1.807, 2.05) is 30.3 Å². The predicted molar refractivity (Wildman–Crippen MR) is 120 cm³/mol. The first-order valence-electron chi connectivity index (χ1n) is 9.61. The Bertz CT molecular complexity index is 1180. The average Bonchev–Trinajstić information content (AvgIpc) is 3.17. The van der Waals surface area contributed by atoms with Crippen LogP contribution >= 0.6 is 23.2 Å². The maximum absolute atomic E-state index is 13.2. The fraction of sp³-hybridized carbons (Fsp3) is 0.174. The van der Waals surface area contributed by atoms with Crippen LogP contribution in [0, 0.1) is 5.82 Å². The molecule has 1 aromatic heterocycles. The van der Waals surface area contributed by atoms with Gasteiger partial charge in [-0.1, -0.05) is 41.4 Å². The maximum Gasteiger partial charge on any atom is 0.163 e. The first-order valence-corrected chi connectivity index (χ1v) is 10.4. The number of hydrogen-bond acceptors (Lipinski definition) is 4. The minimum Gasteiger partial charge on any atom is -0.493 e. The van der Waals surface area contributed by atoms with E-state index < -0.39 is 5.82 Å². The molecular formula is C23H20Cl2FN3O2. The van der Waals surface area contributed by atoms with Crippen LogP contribution in [-0.4, -0.2) is 17.1 Å². The minimum absolute atomic E-state index is 0.162. The number of ether oxygens (including phenoxy) is 2. The first kappa shape index (κ1) is 21.4. The smallest absolute Gasteiger partial charge is 0.163 e. The van der Waals surface area contributed by atoms with Gasteiger partial charge in [-0.25, -0.2) is 9.37 Å². The molecule has 1 heterocycles. The SMILES string of the molecule is COc1cc(CNCc2nc3ccccc3[nH]2)c(Cl)cc1OCc1ccc(F)cc1Cl. The molecule has 4 aromatic rings. The lowest BCUT2D eigenvalue weighted by Gasteiger charge is -2.15. The highest BCUT2D eigenvalue weighted by atomic mass is 35.5. The Morgan fingerprint density at radius 2 is 1.77 bits per heavy atom. The quantitative estimate of drug-likeness (QED) is 0.345. The number of aromatic amines is 1. The highest BCUT2D eigenvalue weighted by Crippen LogP contribution is 2.34. The van der Waals surface area contributed by atoms with Crippen LogP contribution in [0.5, 0.6) is 11.5 Å². The second-order valence-corrected chi connectivity index (χ2v) is 7.74. The van der Waals surface area contributed by atoms with Crippen molar-refractivity contribution in [2.24, 2.45) is 0 Å². The first-order chi connectivity index (χ1) is 15.0. The summed E-state index contributed by atoms with van der Waals surface area (Å²) < 4.78 is 24.5. The van der Waals surface area contributed by atoms with E-state index in [4.69, 9.17) is 32.7 Å². The van der Waals surface area contributed by atoms with Crippen LogP contribution in [-0.2, 0) is 19.7 Å². The van der Waals surface area contributed by atoms with E-state index >= 15 is 0 Å². The van der Waals surface area contributed by atoms with E-state index in [0.717, 1.165) is 22.4 Å². The summed E-state index contributed by atoms with van der Waals surface area (Å²) >= 11 is 12.5. The molecule has 0 unspecified atom stereocenters. The fourth-order valence-corrected chi connectivity index (χ4v) is 3.63. The van der Waals surface area contributed by atoms with Gasteiger partial charge in [-0.15, -0.1) is 0 Å². The summed E-state index contributed by atoms with van der Waals surface area (Å²) in [6.07, 6.45) is 0. The van der Waals surface area contributed by atoms with Gasteiger partial charge in [0.1, 0.15) is 18.2 Å². The van der Waals surface area contributed by atoms with Gasteiger partial charge < -0.3 is 19.8 Å². The monoisotopic (exact) mass is 459 g/mol. The third-order valence-corrected chi connectivity index (χ3v) is 5.48. The Morgan fingerprint density at radius 3 is 2.55 bits per heavy atom. The molecule has 0 saturated heterocycles. The number of para-hydroxylation sites is 2. The Balaban J connectivity index is 1.41. The standard InChI is InChI=1S/C23H20Cl2FN3O2/c1-30-21-8-15(11-27-12-23-28-19-4-2-3-5-20(19)29-23)18(25)10-22(21)31-13-14-6-7-16(26)9-17(14)24/h2-10,27H,11-13H2,1H3,(H,28,29). The van der Waals surface area contributed by atoms with Crippen LogP contribution in [0.3, 0.4) is 0 Å². The van der Waals surface area contributed by atoms with Crippen molar-refractivity contribution >= 4 is 34.2 Å². The van der Waals surface area contributed by atoms with E-state index in [1.165, 1.54) is 12.1 Å². The third kappa shape index (κ3) is 5.10. The Hall–Kier alpha value is -2.80. The number of hydrogen-bond donors (Lipinski definition) is 2. The molecule has 2 N–H and O–H groups in total. The average molecular weight is 460 g/mol. The molecule has 160 valence electrons. The summed E-state index contributed by atoms with van der Waals surface area (Å²) in [5.74, 6) is 1.48. The Kier molecular flexibility index (Phi) is 6.61. The van der Waals surface area contributed by atoms with E-state index in [1.54, 1.807) is 19.2 Å². The van der Waals surface area contributed by atoms with Crippen LogP contribution in [0.1, 0.15) is 17.0 Å². The Labute approximate surface area is 189 Å². The third-order valence-electron chi connectivity index (χ3n) is 4.78. The van der Waals surface area contributed by atoms with Crippen molar-refractivity contribution in [1.29, 1.82) is 0 Å². The molecule has 0 aliphatic heterocycles. The molecule has 0 aliphatic carbocycles. The lowest BCUT2D eigenvalue weighted by Crippen LogP contribution is -2.14. The Morgan fingerprint density at radius 1 is 0.968 bits per heavy atom. The zero-order chi connectivity index (χ0) is 21.8. The van der Waals surface area contributed by atoms with Crippen molar-refractivity contribution in [3.63, 3.8) is 0 Å². The van der Waals surface area contributed by atoms with Gasteiger partial charge in [-0.3, -0.25) is 0 Å². The van der Waals surface area contributed by atoms with Crippen LogP contribution in [0.4, 0.5) is 4.39 Å². The zero-order valence-corrected chi connectivity index (χ0v) is 18.2. The normalized spacial score (nSPS) is 11.1. The number of rotatable bonds is 8. The van der Waals surface area contributed by atoms with Crippen molar-refractivity contribution in [2.45, 2.75) is 19.7 Å². The van der Waals surface area contributed by atoms with E-state index in [2.05, 4.69) is 15.3 Å². The second kappa shape index (κ2) is 9.56. The summed E-state index contributed by atoms with van der Waals surface area (Å²) in [5.41, 5.74) is 3.46. The lowest BCUT2D eigenvalue weighted by molar-refractivity contribution is 0.284. The fourth-order valence-electron chi connectivity index (χ4n) is 3.18. The number of imidazole rings is 1. The zero-order valence-electron chi connectivity index (χ0n) is 16.7. The molecule has 0 spiro atoms. The molecule has 0 fully saturated rings. The number of aromatic nitrogens is 2. The maximum atomic E-state index is 13.2. The summed E-state index contributed by atoms with van der Waals surface area (Å²) in [5, 5.41) is 4.18. The van der Waals surface area contributed by atoms with Gasteiger partial charge >= 0.3 is 0 Å². The van der Waals surface area contributed by atoms with Crippen LogP contribution < -0.4 is 14.8 Å². The van der Waals surface area contributed by atoms with Gasteiger partial charge in [0.2, 0.25) is 0 Å². The number of nitrogens with one attached hydrogen (secondary N) is 2. The molecule has 5 nitrogen and oxygen atoms in total. The largest absolute Gasteiger partial charge is 0.493 e. The molecule has 0 saturated carbocycles. The van der Waals surface area contributed by atoms with Gasteiger partial charge in [0.05, 0.1) is 29.7 Å². The number of halogens is 3. The highest BCUT2D eigenvalue weighted by Gasteiger charge is 2.12. The minimum atomic E-state index is -0.395. The number of methoxy groups -OCH3 is 1.